The van der Waals surface area contributed by atoms with Gasteiger partial charge in [-0.3, -0.25) is 4.79 Å². The van der Waals surface area contributed by atoms with Crippen LogP contribution in [0.3, 0.4) is 0 Å². The molecule has 3 N–H and O–H groups in total. The van der Waals surface area contributed by atoms with Crippen molar-refractivity contribution in [2.24, 2.45) is 5.10 Å². The molecule has 4 rings (SSSR count). The number of nitrogens with zero attached hydrogens (tertiary/aromatic N) is 1. The molecule has 0 aromatic heterocycles. The van der Waals surface area contributed by atoms with Crippen LogP contribution in [-0.4, -0.2) is 43.5 Å². The van der Waals surface area contributed by atoms with Gasteiger partial charge in [0.05, 0.1) is 46.6 Å². The number of hydrogen-bond donors (Lipinski definition) is 3. The SMILES string of the molecule is CCOC(=O)C1=C(C)NC(=S)N[C@@H]1c1ccccc1OCC(=O)NN=Cc1cc(Cl)c(OCc2ccc(Cl)c(Cl)c2)c(OC)c1. The van der Waals surface area contributed by atoms with Crippen molar-refractivity contribution in [2.75, 3.05) is 20.3 Å². The van der Waals surface area contributed by atoms with Gasteiger partial charge in [0.15, 0.2) is 23.2 Å². The number of halogens is 3. The third-order valence-electron chi connectivity index (χ3n) is 6.38. The van der Waals surface area contributed by atoms with Crippen molar-refractivity contribution in [3.05, 3.63) is 97.6 Å². The fraction of sp³-hybridized carbons (Fsp3) is 0.226. The third kappa shape index (κ3) is 8.79. The number of nitrogens with one attached hydrogen (secondary N) is 3. The zero-order valence-corrected chi connectivity index (χ0v) is 27.5. The lowest BCUT2D eigenvalue weighted by molar-refractivity contribution is -0.139. The van der Waals surface area contributed by atoms with Crippen molar-refractivity contribution in [3.8, 4) is 17.2 Å². The molecule has 1 atom stereocenters. The normalized spacial score (nSPS) is 14.4. The molecule has 45 heavy (non-hydrogen) atoms. The molecule has 1 amide bonds. The molecule has 0 spiro atoms. The summed E-state index contributed by atoms with van der Waals surface area (Å²) in [4.78, 5) is 25.3. The van der Waals surface area contributed by atoms with Gasteiger partial charge in [0.1, 0.15) is 12.4 Å². The summed E-state index contributed by atoms with van der Waals surface area (Å²) >= 11 is 23.8. The number of carbonyl (C=O) groups is 2. The second-order valence-corrected chi connectivity index (χ2v) is 11.1. The number of thiocarbonyl (C=S) groups is 1. The topological polar surface area (TPSA) is 120 Å². The van der Waals surface area contributed by atoms with E-state index >= 15 is 0 Å². The van der Waals surface area contributed by atoms with Crippen molar-refractivity contribution in [1.82, 2.24) is 16.1 Å². The van der Waals surface area contributed by atoms with Gasteiger partial charge in [-0.1, -0.05) is 59.1 Å². The van der Waals surface area contributed by atoms with Crippen molar-refractivity contribution >= 4 is 70.2 Å². The predicted molar refractivity (Wildman–Crippen MR) is 177 cm³/mol. The van der Waals surface area contributed by atoms with Gasteiger partial charge in [-0.05, 0) is 67.5 Å². The van der Waals surface area contributed by atoms with Crippen molar-refractivity contribution < 1.29 is 28.5 Å². The molecule has 14 heteroatoms. The molecule has 0 aliphatic carbocycles. The Bertz CT molecular complexity index is 1670. The first kappa shape index (κ1) is 33.9. The monoisotopic (exact) mass is 690 g/mol. The molecular weight excluding hydrogens is 663 g/mol. The summed E-state index contributed by atoms with van der Waals surface area (Å²) in [6.07, 6.45) is 1.40. The second-order valence-electron chi connectivity index (χ2n) is 9.48. The fourth-order valence-electron chi connectivity index (χ4n) is 4.35. The smallest absolute Gasteiger partial charge is 0.338 e. The Labute approximate surface area is 280 Å². The standard InChI is InChI=1S/C31H29Cl3N4O6S/c1-4-42-30(40)27-17(2)36-31(45)37-28(27)20-7-5-6-8-24(20)43-16-26(39)38-35-14-19-12-23(34)29(25(13-19)41-3)44-15-18-9-10-21(32)22(33)11-18/h5-14,28H,4,15-16H2,1-3H3,(H,38,39)(H2,36,37,45)/t28-/m1/s1. The first-order valence-corrected chi connectivity index (χ1v) is 15.1. The first-order valence-electron chi connectivity index (χ1n) is 13.5. The van der Waals surface area contributed by atoms with Gasteiger partial charge in [-0.2, -0.15) is 5.10 Å². The van der Waals surface area contributed by atoms with Crippen LogP contribution in [0.5, 0.6) is 17.2 Å². The van der Waals surface area contributed by atoms with Crippen molar-refractivity contribution in [1.29, 1.82) is 0 Å². The second kappa shape index (κ2) is 15.8. The number of benzene rings is 3. The quantitative estimate of drug-likeness (QED) is 0.0894. The van der Waals surface area contributed by atoms with E-state index < -0.39 is 17.9 Å². The number of para-hydroxylation sites is 1. The number of carbonyl (C=O) groups excluding carboxylic acids is 2. The Kier molecular flexibility index (Phi) is 11.9. The van der Waals surface area contributed by atoms with Crippen LogP contribution in [-0.2, 0) is 20.9 Å². The Morgan fingerprint density at radius 2 is 1.80 bits per heavy atom. The minimum atomic E-state index is -0.647. The summed E-state index contributed by atoms with van der Waals surface area (Å²) < 4.78 is 22.4. The lowest BCUT2D eigenvalue weighted by Crippen LogP contribution is -2.45. The molecule has 0 unspecified atom stereocenters. The number of hydrazone groups is 1. The van der Waals surface area contributed by atoms with Crippen molar-refractivity contribution in [2.45, 2.75) is 26.5 Å². The van der Waals surface area contributed by atoms with Crippen LogP contribution in [0.15, 0.2) is 71.0 Å². The van der Waals surface area contributed by atoms with Gasteiger partial charge in [-0.15, -0.1) is 0 Å². The van der Waals surface area contributed by atoms with Crippen LogP contribution in [0.2, 0.25) is 15.1 Å². The minimum absolute atomic E-state index is 0.181. The molecule has 1 aliphatic rings. The largest absolute Gasteiger partial charge is 0.493 e. The maximum atomic E-state index is 12.7. The molecular formula is C31H29Cl3N4O6S. The van der Waals surface area contributed by atoms with Gasteiger partial charge >= 0.3 is 5.97 Å². The first-order chi connectivity index (χ1) is 21.6. The van der Waals surface area contributed by atoms with Gasteiger partial charge in [0.2, 0.25) is 0 Å². The van der Waals surface area contributed by atoms with Gasteiger partial charge in [-0.25, -0.2) is 10.2 Å². The molecule has 3 aromatic carbocycles. The Hall–Kier alpha value is -4.03. The highest BCUT2D eigenvalue weighted by molar-refractivity contribution is 7.80. The molecule has 1 heterocycles. The molecule has 0 saturated heterocycles. The van der Waals surface area contributed by atoms with Crippen LogP contribution >= 0.6 is 47.0 Å². The zero-order valence-electron chi connectivity index (χ0n) is 24.4. The number of rotatable bonds is 12. The van der Waals surface area contributed by atoms with Crippen LogP contribution in [0.1, 0.15) is 36.6 Å². The molecule has 236 valence electrons. The average Bonchev–Trinajstić information content (AvgIpc) is 3.00. The molecule has 0 radical (unpaired) electrons. The molecule has 0 saturated carbocycles. The summed E-state index contributed by atoms with van der Waals surface area (Å²) in [7, 11) is 1.48. The van der Waals surface area contributed by atoms with E-state index in [-0.39, 0.29) is 24.8 Å². The number of hydrogen-bond acceptors (Lipinski definition) is 8. The predicted octanol–water partition coefficient (Wildman–Crippen LogP) is 6.12. The summed E-state index contributed by atoms with van der Waals surface area (Å²) in [5.74, 6) is 0.0619. The molecule has 0 bridgehead atoms. The summed E-state index contributed by atoms with van der Waals surface area (Å²) in [6, 6.07) is 14.8. The van der Waals surface area contributed by atoms with Crippen LogP contribution in [0.25, 0.3) is 0 Å². The zero-order chi connectivity index (χ0) is 32.5. The number of esters is 1. The van der Waals surface area contributed by atoms with Crippen LogP contribution in [0, 0.1) is 0 Å². The minimum Gasteiger partial charge on any atom is -0.493 e. The van der Waals surface area contributed by atoms with Crippen molar-refractivity contribution in [3.63, 3.8) is 0 Å². The van der Waals surface area contributed by atoms with E-state index in [1.165, 1.54) is 13.3 Å². The maximum Gasteiger partial charge on any atom is 0.338 e. The Morgan fingerprint density at radius 1 is 1.02 bits per heavy atom. The van der Waals surface area contributed by atoms with E-state index in [2.05, 4.69) is 21.2 Å². The van der Waals surface area contributed by atoms with E-state index in [4.69, 9.17) is 66.0 Å². The molecule has 10 nitrogen and oxygen atoms in total. The molecule has 0 fully saturated rings. The summed E-state index contributed by atoms with van der Waals surface area (Å²) in [6.45, 7) is 3.50. The van der Waals surface area contributed by atoms with E-state index in [0.29, 0.717) is 54.8 Å². The summed E-state index contributed by atoms with van der Waals surface area (Å²) in [5, 5.41) is 11.5. The van der Waals surface area contributed by atoms with Crippen LogP contribution in [0.4, 0.5) is 0 Å². The molecule has 1 aliphatic heterocycles. The van der Waals surface area contributed by atoms with E-state index in [1.807, 2.05) is 0 Å². The van der Waals surface area contributed by atoms with E-state index in [1.54, 1.807) is 68.4 Å². The summed E-state index contributed by atoms with van der Waals surface area (Å²) in [5.41, 5.74) is 5.28. The van der Waals surface area contributed by atoms with Gasteiger partial charge < -0.3 is 29.6 Å². The number of amides is 1. The number of ether oxygens (including phenoxy) is 4. The van der Waals surface area contributed by atoms with Gasteiger partial charge in [0.25, 0.3) is 5.91 Å². The highest BCUT2D eigenvalue weighted by atomic mass is 35.5. The van der Waals surface area contributed by atoms with Crippen LogP contribution < -0.4 is 30.3 Å². The Morgan fingerprint density at radius 3 is 2.53 bits per heavy atom. The number of allylic oxidation sites excluding steroid dienone is 1. The van der Waals surface area contributed by atoms with Gasteiger partial charge in [0, 0.05) is 11.3 Å². The van der Waals surface area contributed by atoms with E-state index in [9.17, 15) is 9.59 Å². The highest BCUT2D eigenvalue weighted by Crippen LogP contribution is 2.37. The lowest BCUT2D eigenvalue weighted by atomic mass is 9.95. The fourth-order valence-corrected chi connectivity index (χ4v) is 5.22. The highest BCUT2D eigenvalue weighted by Gasteiger charge is 2.32. The van der Waals surface area contributed by atoms with E-state index in [0.717, 1.165) is 5.56 Å². The third-order valence-corrected chi connectivity index (χ3v) is 7.61. The maximum absolute atomic E-state index is 12.7. The molecule has 3 aromatic rings. The number of methoxy groups -OCH3 is 1. The average molecular weight is 692 g/mol. The Balaban J connectivity index is 1.39. The lowest BCUT2D eigenvalue weighted by Gasteiger charge is -2.30.